The highest BCUT2D eigenvalue weighted by Crippen LogP contribution is 2.61. The predicted octanol–water partition coefficient (Wildman–Crippen LogP) is 7.08. The second kappa shape index (κ2) is 8.19. The summed E-state index contributed by atoms with van der Waals surface area (Å²) < 4.78 is 21.4. The Morgan fingerprint density at radius 2 is 1.89 bits per heavy atom. The average molecular weight is 468 g/mol. The highest BCUT2D eigenvalue weighted by atomic mass is 19.1. The van der Waals surface area contributed by atoms with E-state index in [1.54, 1.807) is 0 Å². The number of hydrogen-bond donors (Lipinski definition) is 1. The SMILES string of the molecule is CCC1(C(=O)O)CC1c1ccc(O[C@@H]2CCc3c(-c4cncc5ccccc45)ccc(F)c32)cc1. The minimum atomic E-state index is -0.722. The van der Waals surface area contributed by atoms with Gasteiger partial charge in [0.15, 0.2) is 0 Å². The third-order valence-electron chi connectivity index (χ3n) is 7.93. The first-order valence-corrected chi connectivity index (χ1v) is 12.2. The van der Waals surface area contributed by atoms with E-state index in [0.29, 0.717) is 30.6 Å². The van der Waals surface area contributed by atoms with Crippen molar-refractivity contribution in [2.24, 2.45) is 5.41 Å². The topological polar surface area (TPSA) is 59.4 Å². The largest absolute Gasteiger partial charge is 0.486 e. The Kier molecular flexibility index (Phi) is 5.10. The number of carbonyl (C=O) groups is 1. The number of carboxylic acids is 1. The van der Waals surface area contributed by atoms with E-state index < -0.39 is 11.4 Å². The van der Waals surface area contributed by atoms with E-state index in [1.165, 1.54) is 6.07 Å². The Bertz CT molecular complexity index is 1440. The molecular weight excluding hydrogens is 441 g/mol. The lowest BCUT2D eigenvalue weighted by molar-refractivity contribution is -0.143. The molecule has 4 nitrogen and oxygen atoms in total. The van der Waals surface area contributed by atoms with E-state index in [-0.39, 0.29) is 17.8 Å². The number of ether oxygens (including phenoxy) is 1. The molecule has 0 saturated heterocycles. The summed E-state index contributed by atoms with van der Waals surface area (Å²) in [5, 5.41) is 11.8. The molecule has 4 aromatic rings. The van der Waals surface area contributed by atoms with Crippen molar-refractivity contribution >= 4 is 16.7 Å². The quantitative estimate of drug-likeness (QED) is 0.329. The van der Waals surface area contributed by atoms with Crippen LogP contribution in [0.3, 0.4) is 0 Å². The van der Waals surface area contributed by atoms with Gasteiger partial charge in [-0.1, -0.05) is 49.4 Å². The predicted molar refractivity (Wildman–Crippen MR) is 133 cm³/mol. The molecule has 35 heavy (non-hydrogen) atoms. The molecule has 0 spiro atoms. The fourth-order valence-corrected chi connectivity index (χ4v) is 5.84. The molecule has 176 valence electrons. The van der Waals surface area contributed by atoms with Crippen molar-refractivity contribution in [1.29, 1.82) is 0 Å². The molecule has 2 aliphatic rings. The van der Waals surface area contributed by atoms with Gasteiger partial charge >= 0.3 is 5.97 Å². The number of hydrogen-bond acceptors (Lipinski definition) is 3. The molecule has 6 rings (SSSR count). The van der Waals surface area contributed by atoms with Crippen LogP contribution in [0.4, 0.5) is 4.39 Å². The van der Waals surface area contributed by atoms with Crippen molar-refractivity contribution in [3.63, 3.8) is 0 Å². The van der Waals surface area contributed by atoms with Gasteiger partial charge in [-0.15, -0.1) is 0 Å². The van der Waals surface area contributed by atoms with Gasteiger partial charge in [0.25, 0.3) is 0 Å². The van der Waals surface area contributed by atoms with Crippen molar-refractivity contribution in [2.75, 3.05) is 0 Å². The zero-order chi connectivity index (χ0) is 24.2. The average Bonchev–Trinajstić information content (AvgIpc) is 3.50. The van der Waals surface area contributed by atoms with Gasteiger partial charge < -0.3 is 9.84 Å². The smallest absolute Gasteiger partial charge is 0.310 e. The molecule has 1 saturated carbocycles. The molecule has 1 fully saturated rings. The Hall–Kier alpha value is -3.73. The standard InChI is InChI=1S/C30H26FNO3/c1-2-30(29(33)34)15-25(30)18-7-9-20(10-8-18)35-27-14-12-23-22(11-13-26(31)28(23)27)24-17-32-16-19-5-3-4-6-21(19)24/h3-11,13,16-17,25,27H,2,12,14-15H2,1H3,(H,33,34)/t25?,27-,30?/m1/s1. The van der Waals surface area contributed by atoms with Crippen LogP contribution in [0.2, 0.25) is 0 Å². The second-order valence-corrected chi connectivity index (χ2v) is 9.68. The van der Waals surface area contributed by atoms with Crippen LogP contribution in [0, 0.1) is 11.2 Å². The summed E-state index contributed by atoms with van der Waals surface area (Å²) in [6.45, 7) is 1.93. The molecule has 3 atom stereocenters. The van der Waals surface area contributed by atoms with Gasteiger partial charge in [-0.25, -0.2) is 4.39 Å². The monoisotopic (exact) mass is 467 g/mol. The second-order valence-electron chi connectivity index (χ2n) is 9.68. The zero-order valence-electron chi connectivity index (χ0n) is 19.5. The lowest BCUT2D eigenvalue weighted by Crippen LogP contribution is -2.15. The van der Waals surface area contributed by atoms with Crippen LogP contribution in [-0.4, -0.2) is 16.1 Å². The summed E-state index contributed by atoms with van der Waals surface area (Å²) in [6, 6.07) is 19.2. The van der Waals surface area contributed by atoms with Crippen LogP contribution < -0.4 is 4.74 Å². The summed E-state index contributed by atoms with van der Waals surface area (Å²) in [5.41, 5.74) is 4.00. The maximum absolute atomic E-state index is 15.1. The number of halogens is 1. The number of nitrogens with zero attached hydrogens (tertiary/aromatic N) is 1. The van der Waals surface area contributed by atoms with Gasteiger partial charge in [-0.3, -0.25) is 9.78 Å². The molecular formula is C30H26FNO3. The van der Waals surface area contributed by atoms with Crippen molar-refractivity contribution in [3.8, 4) is 16.9 Å². The van der Waals surface area contributed by atoms with E-state index in [4.69, 9.17) is 4.74 Å². The summed E-state index contributed by atoms with van der Waals surface area (Å²) in [5.74, 6) is -0.259. The number of aliphatic carboxylic acids is 1. The molecule has 1 heterocycles. The summed E-state index contributed by atoms with van der Waals surface area (Å²) in [6.07, 6.45) is 6.06. The number of pyridine rings is 1. The Morgan fingerprint density at radius 3 is 2.63 bits per heavy atom. The minimum Gasteiger partial charge on any atom is -0.486 e. The van der Waals surface area contributed by atoms with Crippen molar-refractivity contribution in [1.82, 2.24) is 4.98 Å². The summed E-state index contributed by atoms with van der Waals surface area (Å²) in [4.78, 5) is 16.1. The molecule has 3 aromatic carbocycles. The molecule has 2 unspecified atom stereocenters. The van der Waals surface area contributed by atoms with E-state index in [2.05, 4.69) is 11.1 Å². The highest BCUT2D eigenvalue weighted by molar-refractivity contribution is 5.96. The van der Waals surface area contributed by atoms with Crippen molar-refractivity contribution in [3.05, 3.63) is 95.6 Å². The van der Waals surface area contributed by atoms with Crippen LogP contribution in [-0.2, 0) is 11.2 Å². The molecule has 5 heteroatoms. The first-order chi connectivity index (χ1) is 17.0. The van der Waals surface area contributed by atoms with Crippen molar-refractivity contribution in [2.45, 2.75) is 44.6 Å². The van der Waals surface area contributed by atoms with Crippen molar-refractivity contribution < 1.29 is 19.0 Å². The minimum absolute atomic E-state index is 0.0422. The molecule has 1 aromatic heterocycles. The third-order valence-corrected chi connectivity index (χ3v) is 7.93. The zero-order valence-corrected chi connectivity index (χ0v) is 19.5. The Balaban J connectivity index is 1.29. The van der Waals surface area contributed by atoms with E-state index in [0.717, 1.165) is 39.4 Å². The normalized spacial score (nSPS) is 22.7. The van der Waals surface area contributed by atoms with Gasteiger partial charge in [0, 0.05) is 34.8 Å². The van der Waals surface area contributed by atoms with E-state index in [9.17, 15) is 9.90 Å². The van der Waals surface area contributed by atoms with Crippen LogP contribution in [0.15, 0.2) is 73.1 Å². The lowest BCUT2D eigenvalue weighted by atomic mass is 9.94. The van der Waals surface area contributed by atoms with Gasteiger partial charge in [0.05, 0.1) is 5.41 Å². The highest BCUT2D eigenvalue weighted by Gasteiger charge is 2.59. The Morgan fingerprint density at radius 1 is 1.09 bits per heavy atom. The number of rotatable bonds is 6. The molecule has 0 radical (unpaired) electrons. The van der Waals surface area contributed by atoms with Crippen LogP contribution in [0.25, 0.3) is 21.9 Å². The van der Waals surface area contributed by atoms with E-state index >= 15 is 4.39 Å². The molecule has 1 N–H and O–H groups in total. The van der Waals surface area contributed by atoms with Crippen LogP contribution in [0.1, 0.15) is 54.9 Å². The van der Waals surface area contributed by atoms with Crippen LogP contribution in [0.5, 0.6) is 5.75 Å². The third kappa shape index (κ3) is 3.49. The van der Waals surface area contributed by atoms with Gasteiger partial charge in [-0.2, -0.15) is 0 Å². The molecule has 0 amide bonds. The number of aromatic nitrogens is 1. The van der Waals surface area contributed by atoms with Gasteiger partial charge in [0.2, 0.25) is 0 Å². The van der Waals surface area contributed by atoms with Crippen LogP contribution >= 0.6 is 0 Å². The van der Waals surface area contributed by atoms with Gasteiger partial charge in [0.1, 0.15) is 17.7 Å². The Labute approximate surface area is 203 Å². The number of carboxylic acid groups (broad SMARTS) is 1. The molecule has 2 aliphatic carbocycles. The summed E-state index contributed by atoms with van der Waals surface area (Å²) >= 11 is 0. The van der Waals surface area contributed by atoms with E-state index in [1.807, 2.05) is 67.8 Å². The fourth-order valence-electron chi connectivity index (χ4n) is 5.84. The molecule has 0 aliphatic heterocycles. The maximum Gasteiger partial charge on any atom is 0.310 e. The first kappa shape index (κ1) is 21.8. The number of benzene rings is 3. The molecule has 0 bridgehead atoms. The lowest BCUT2D eigenvalue weighted by Gasteiger charge is -2.17. The summed E-state index contributed by atoms with van der Waals surface area (Å²) in [7, 11) is 0. The van der Waals surface area contributed by atoms with Gasteiger partial charge in [-0.05, 0) is 66.0 Å². The first-order valence-electron chi connectivity index (χ1n) is 12.2. The number of fused-ring (bicyclic) bond motifs is 2. The fraction of sp³-hybridized carbons (Fsp3) is 0.267. The maximum atomic E-state index is 15.1.